The second-order valence-electron chi connectivity index (χ2n) is 5.05. The summed E-state index contributed by atoms with van der Waals surface area (Å²) >= 11 is 0. The van der Waals surface area contributed by atoms with Gasteiger partial charge in [0.15, 0.2) is 11.8 Å². The van der Waals surface area contributed by atoms with Crippen molar-refractivity contribution in [3.05, 3.63) is 64.6 Å². The minimum absolute atomic E-state index is 0.0323. The molecule has 0 saturated heterocycles. The third-order valence-electron chi connectivity index (χ3n) is 3.35. The largest absolute Gasteiger partial charge is 0.457 e. The monoisotopic (exact) mass is 337 g/mol. The molecular weight excluding hydrogens is 323 g/mol. The molecule has 126 valence electrons. The van der Waals surface area contributed by atoms with Crippen LogP contribution in [0, 0.1) is 4.91 Å². The molecule has 24 heavy (non-hydrogen) atoms. The van der Waals surface area contributed by atoms with E-state index >= 15 is 0 Å². The van der Waals surface area contributed by atoms with Crippen LogP contribution in [0.25, 0.3) is 0 Å². The summed E-state index contributed by atoms with van der Waals surface area (Å²) in [4.78, 5) is 22.6. The fraction of sp³-hybridized carbons (Fsp3) is 0.235. The van der Waals surface area contributed by atoms with E-state index in [1.807, 2.05) is 0 Å². The van der Waals surface area contributed by atoms with Gasteiger partial charge in [-0.2, -0.15) is 18.1 Å². The lowest BCUT2D eigenvalue weighted by atomic mass is 10.0. The van der Waals surface area contributed by atoms with Crippen molar-refractivity contribution in [2.24, 2.45) is 5.18 Å². The summed E-state index contributed by atoms with van der Waals surface area (Å²) in [5, 5.41) is 2.77. The molecule has 1 atom stereocenters. The molecule has 0 aliphatic heterocycles. The highest BCUT2D eigenvalue weighted by molar-refractivity contribution is 6.00. The maximum Gasteiger partial charge on any atom is 0.416 e. The first-order valence-electron chi connectivity index (χ1n) is 7.17. The van der Waals surface area contributed by atoms with Crippen LogP contribution in [0.1, 0.15) is 29.3 Å². The predicted octanol–water partition coefficient (Wildman–Crippen LogP) is 5.23. The van der Waals surface area contributed by atoms with Gasteiger partial charge in [-0.15, -0.1) is 0 Å². The second-order valence-corrected chi connectivity index (χ2v) is 5.05. The Hall–Kier alpha value is -2.70. The Balaban J connectivity index is 2.15. The zero-order valence-electron chi connectivity index (χ0n) is 12.7. The van der Waals surface area contributed by atoms with Crippen LogP contribution in [0.3, 0.4) is 0 Å². The van der Waals surface area contributed by atoms with Crippen molar-refractivity contribution < 1.29 is 22.7 Å². The summed E-state index contributed by atoms with van der Waals surface area (Å²) < 4.78 is 43.4. The quantitative estimate of drug-likeness (QED) is 0.536. The summed E-state index contributed by atoms with van der Waals surface area (Å²) in [5.41, 5.74) is -0.521. The number of nitroso groups, excluding NO2 is 1. The van der Waals surface area contributed by atoms with Crippen LogP contribution in [-0.2, 0) is 6.18 Å². The second kappa shape index (κ2) is 7.25. The SMILES string of the molecule is CCC(N=O)C(=O)c1ccc(Oc2cccc(C(F)(F)F)c2)cc1. The number of nitrogens with zero attached hydrogens (tertiary/aromatic N) is 1. The first kappa shape index (κ1) is 17.7. The Labute approximate surface area is 136 Å². The smallest absolute Gasteiger partial charge is 0.416 e. The number of benzene rings is 2. The van der Waals surface area contributed by atoms with Crippen molar-refractivity contribution in [3.8, 4) is 11.5 Å². The third-order valence-corrected chi connectivity index (χ3v) is 3.35. The molecule has 7 heteroatoms. The molecule has 0 fully saturated rings. The number of ketones is 1. The zero-order chi connectivity index (χ0) is 17.7. The van der Waals surface area contributed by atoms with Crippen LogP contribution in [-0.4, -0.2) is 11.8 Å². The van der Waals surface area contributed by atoms with Gasteiger partial charge in [0.25, 0.3) is 0 Å². The Kier molecular flexibility index (Phi) is 5.33. The molecule has 4 nitrogen and oxygen atoms in total. The van der Waals surface area contributed by atoms with Crippen LogP contribution in [0.2, 0.25) is 0 Å². The molecule has 2 rings (SSSR count). The number of rotatable bonds is 6. The Morgan fingerprint density at radius 3 is 2.33 bits per heavy atom. The number of hydrogen-bond acceptors (Lipinski definition) is 4. The molecule has 0 aliphatic carbocycles. The van der Waals surface area contributed by atoms with Crippen LogP contribution >= 0.6 is 0 Å². The summed E-state index contributed by atoms with van der Waals surface area (Å²) in [6.45, 7) is 1.68. The molecule has 2 aromatic rings. The lowest BCUT2D eigenvalue weighted by Gasteiger charge is -2.10. The van der Waals surface area contributed by atoms with Gasteiger partial charge in [0.2, 0.25) is 0 Å². The highest BCUT2D eigenvalue weighted by Gasteiger charge is 2.30. The van der Waals surface area contributed by atoms with E-state index in [4.69, 9.17) is 4.74 Å². The van der Waals surface area contributed by atoms with Crippen LogP contribution in [0.5, 0.6) is 11.5 Å². The fourth-order valence-corrected chi connectivity index (χ4v) is 2.06. The zero-order valence-corrected chi connectivity index (χ0v) is 12.7. The number of hydrogen-bond donors (Lipinski definition) is 0. The number of Topliss-reactive ketones (excluding diaryl/α,β-unsaturated/α-hetero) is 1. The third kappa shape index (κ3) is 4.18. The van der Waals surface area contributed by atoms with Gasteiger partial charge in [0.05, 0.1) is 5.56 Å². The van der Waals surface area contributed by atoms with Crippen molar-refractivity contribution in [3.63, 3.8) is 0 Å². The van der Waals surface area contributed by atoms with Crippen molar-refractivity contribution >= 4 is 5.78 Å². The molecule has 0 saturated carbocycles. The van der Waals surface area contributed by atoms with Crippen LogP contribution in [0.15, 0.2) is 53.7 Å². The first-order chi connectivity index (χ1) is 11.3. The normalized spacial score (nSPS) is 12.5. The number of carbonyl (C=O) groups is 1. The van der Waals surface area contributed by atoms with E-state index in [-0.39, 0.29) is 17.1 Å². The molecule has 0 N–H and O–H groups in total. The van der Waals surface area contributed by atoms with Gasteiger partial charge in [-0.1, -0.05) is 18.2 Å². The van der Waals surface area contributed by atoms with Gasteiger partial charge in [-0.3, -0.25) is 4.79 Å². The van der Waals surface area contributed by atoms with Crippen LogP contribution in [0.4, 0.5) is 13.2 Å². The highest BCUT2D eigenvalue weighted by Crippen LogP contribution is 2.32. The Morgan fingerprint density at radius 1 is 1.12 bits per heavy atom. The Morgan fingerprint density at radius 2 is 1.79 bits per heavy atom. The van der Waals surface area contributed by atoms with Gasteiger partial charge in [0, 0.05) is 5.56 Å². The molecule has 0 aromatic heterocycles. The summed E-state index contributed by atoms with van der Waals surface area (Å²) in [6, 6.07) is 9.33. The summed E-state index contributed by atoms with van der Waals surface area (Å²) in [5.74, 6) is -0.0963. The summed E-state index contributed by atoms with van der Waals surface area (Å²) in [6.07, 6.45) is -4.16. The maximum atomic E-state index is 12.7. The minimum atomic E-state index is -4.45. The van der Waals surface area contributed by atoms with Gasteiger partial charge in [0.1, 0.15) is 11.5 Å². The topological polar surface area (TPSA) is 55.7 Å². The number of ether oxygens (including phenoxy) is 1. The van der Waals surface area contributed by atoms with Crippen LogP contribution < -0.4 is 4.74 Å². The van der Waals surface area contributed by atoms with Crippen molar-refractivity contribution in [2.45, 2.75) is 25.6 Å². The van der Waals surface area contributed by atoms with Gasteiger partial charge < -0.3 is 4.74 Å². The van der Waals surface area contributed by atoms with Gasteiger partial charge in [-0.25, -0.2) is 0 Å². The number of alkyl halides is 3. The highest BCUT2D eigenvalue weighted by atomic mass is 19.4. The lowest BCUT2D eigenvalue weighted by molar-refractivity contribution is -0.137. The summed E-state index contributed by atoms with van der Waals surface area (Å²) in [7, 11) is 0. The van der Waals surface area contributed by atoms with Crippen molar-refractivity contribution in [1.29, 1.82) is 0 Å². The molecule has 0 bridgehead atoms. The molecule has 0 radical (unpaired) electrons. The standard InChI is InChI=1S/C17H14F3NO3/c1-2-15(21-23)16(22)11-6-8-13(9-7-11)24-14-5-3-4-12(10-14)17(18,19)20/h3-10,15H,2H2,1H3. The molecule has 0 aliphatic rings. The number of carbonyl (C=O) groups excluding carboxylic acids is 1. The molecule has 1 unspecified atom stereocenters. The van der Waals surface area contributed by atoms with E-state index in [1.54, 1.807) is 6.92 Å². The molecule has 2 aromatic carbocycles. The predicted molar refractivity (Wildman–Crippen MR) is 82.2 cm³/mol. The van der Waals surface area contributed by atoms with Crippen molar-refractivity contribution in [1.82, 2.24) is 0 Å². The van der Waals surface area contributed by atoms with Gasteiger partial charge >= 0.3 is 6.18 Å². The lowest BCUT2D eigenvalue weighted by Crippen LogP contribution is -2.16. The number of halogens is 3. The molecular formula is C17H14F3NO3. The minimum Gasteiger partial charge on any atom is -0.457 e. The first-order valence-corrected chi connectivity index (χ1v) is 7.17. The Bertz CT molecular complexity index is 727. The van der Waals surface area contributed by atoms with E-state index < -0.39 is 23.6 Å². The average Bonchev–Trinajstić information content (AvgIpc) is 2.56. The van der Waals surface area contributed by atoms with E-state index in [9.17, 15) is 22.9 Å². The van der Waals surface area contributed by atoms with E-state index in [2.05, 4.69) is 5.18 Å². The van der Waals surface area contributed by atoms with Gasteiger partial charge in [-0.05, 0) is 48.9 Å². The molecule has 0 amide bonds. The average molecular weight is 337 g/mol. The maximum absolute atomic E-state index is 12.7. The molecule has 0 heterocycles. The van der Waals surface area contributed by atoms with E-state index in [0.717, 1.165) is 12.1 Å². The van der Waals surface area contributed by atoms with E-state index in [1.165, 1.54) is 36.4 Å². The van der Waals surface area contributed by atoms with Crippen molar-refractivity contribution in [2.75, 3.05) is 0 Å². The molecule has 0 spiro atoms. The fourth-order valence-electron chi connectivity index (χ4n) is 2.06. The van der Waals surface area contributed by atoms with E-state index in [0.29, 0.717) is 6.42 Å².